The molecule has 82 valence electrons. The van der Waals surface area contributed by atoms with Gasteiger partial charge in [-0.05, 0) is 52.7 Å². The predicted octanol–water partition coefficient (Wildman–Crippen LogP) is 4.04. The Kier molecular flexibility index (Phi) is 3.19. The molecule has 0 saturated carbocycles. The first kappa shape index (κ1) is 11.1. The third-order valence-corrected chi connectivity index (χ3v) is 2.77. The molecule has 0 aliphatic rings. The summed E-state index contributed by atoms with van der Waals surface area (Å²) in [5.74, 6) is 0.315. The SMILES string of the molecule is Cc1ccc(F)c(Nc2ncccc2Br)c1. The summed E-state index contributed by atoms with van der Waals surface area (Å²) in [6.07, 6.45) is 1.65. The van der Waals surface area contributed by atoms with Crippen LogP contribution in [0.4, 0.5) is 15.9 Å². The first-order valence-electron chi connectivity index (χ1n) is 4.80. The molecule has 0 radical (unpaired) electrons. The zero-order chi connectivity index (χ0) is 11.5. The zero-order valence-corrected chi connectivity index (χ0v) is 10.3. The molecule has 0 atom stereocenters. The van der Waals surface area contributed by atoms with Crippen LogP contribution in [0.25, 0.3) is 0 Å². The zero-order valence-electron chi connectivity index (χ0n) is 8.67. The predicted molar refractivity (Wildman–Crippen MR) is 66.4 cm³/mol. The lowest BCUT2D eigenvalue weighted by molar-refractivity contribution is 0.631. The van der Waals surface area contributed by atoms with E-state index in [9.17, 15) is 4.39 Å². The molecule has 16 heavy (non-hydrogen) atoms. The summed E-state index contributed by atoms with van der Waals surface area (Å²) in [5, 5.41) is 2.95. The van der Waals surface area contributed by atoms with Gasteiger partial charge in [-0.1, -0.05) is 6.07 Å². The highest BCUT2D eigenvalue weighted by atomic mass is 79.9. The Morgan fingerprint density at radius 2 is 2.12 bits per heavy atom. The van der Waals surface area contributed by atoms with E-state index in [1.165, 1.54) is 6.07 Å². The summed E-state index contributed by atoms with van der Waals surface area (Å²) in [4.78, 5) is 4.12. The lowest BCUT2D eigenvalue weighted by atomic mass is 10.2. The van der Waals surface area contributed by atoms with Crippen LogP contribution in [0.1, 0.15) is 5.56 Å². The van der Waals surface area contributed by atoms with Gasteiger partial charge in [0.2, 0.25) is 0 Å². The summed E-state index contributed by atoms with van der Waals surface area (Å²) in [6.45, 7) is 1.91. The van der Waals surface area contributed by atoms with Crippen molar-refractivity contribution in [3.63, 3.8) is 0 Å². The first-order chi connectivity index (χ1) is 7.66. The molecule has 0 aliphatic carbocycles. The normalized spacial score (nSPS) is 10.2. The van der Waals surface area contributed by atoms with E-state index in [2.05, 4.69) is 26.2 Å². The second kappa shape index (κ2) is 4.61. The van der Waals surface area contributed by atoms with Crippen molar-refractivity contribution in [1.29, 1.82) is 0 Å². The van der Waals surface area contributed by atoms with E-state index < -0.39 is 0 Å². The number of benzene rings is 1. The van der Waals surface area contributed by atoms with Gasteiger partial charge in [-0.15, -0.1) is 0 Å². The van der Waals surface area contributed by atoms with Gasteiger partial charge in [0.25, 0.3) is 0 Å². The van der Waals surface area contributed by atoms with Crippen LogP contribution in [0.2, 0.25) is 0 Å². The minimum absolute atomic E-state index is 0.289. The smallest absolute Gasteiger partial charge is 0.146 e. The van der Waals surface area contributed by atoms with Crippen LogP contribution in [-0.4, -0.2) is 4.98 Å². The van der Waals surface area contributed by atoms with Crippen LogP contribution in [0.15, 0.2) is 41.0 Å². The molecule has 0 amide bonds. The van der Waals surface area contributed by atoms with Crippen LogP contribution >= 0.6 is 15.9 Å². The van der Waals surface area contributed by atoms with Gasteiger partial charge >= 0.3 is 0 Å². The highest BCUT2D eigenvalue weighted by Gasteiger charge is 2.05. The Hall–Kier alpha value is -1.42. The molecule has 4 heteroatoms. The molecule has 2 nitrogen and oxygen atoms in total. The van der Waals surface area contributed by atoms with E-state index in [1.807, 2.05) is 19.1 Å². The maximum absolute atomic E-state index is 13.5. The number of nitrogens with one attached hydrogen (secondary N) is 1. The van der Waals surface area contributed by atoms with Gasteiger partial charge in [-0.2, -0.15) is 0 Å². The van der Waals surface area contributed by atoms with E-state index >= 15 is 0 Å². The average Bonchev–Trinajstić information content (AvgIpc) is 2.27. The van der Waals surface area contributed by atoms with Crippen molar-refractivity contribution in [3.05, 3.63) is 52.4 Å². The summed E-state index contributed by atoms with van der Waals surface area (Å²) < 4.78 is 14.3. The quantitative estimate of drug-likeness (QED) is 0.898. The average molecular weight is 281 g/mol. The van der Waals surface area contributed by atoms with Gasteiger partial charge in [0.05, 0.1) is 10.2 Å². The Labute approximate surface area is 102 Å². The molecule has 0 fully saturated rings. The molecule has 2 rings (SSSR count). The third-order valence-electron chi connectivity index (χ3n) is 2.13. The van der Waals surface area contributed by atoms with Crippen LogP contribution in [0.5, 0.6) is 0 Å². The maximum Gasteiger partial charge on any atom is 0.146 e. The fourth-order valence-corrected chi connectivity index (χ4v) is 1.69. The van der Waals surface area contributed by atoms with Gasteiger partial charge < -0.3 is 5.32 Å². The number of nitrogens with zero attached hydrogens (tertiary/aromatic N) is 1. The fourth-order valence-electron chi connectivity index (χ4n) is 1.34. The number of pyridine rings is 1. The van der Waals surface area contributed by atoms with Crippen molar-refractivity contribution in [3.8, 4) is 0 Å². The largest absolute Gasteiger partial charge is 0.337 e. The molecule has 0 aliphatic heterocycles. The minimum atomic E-state index is -0.289. The molecule has 1 heterocycles. The Bertz CT molecular complexity index is 514. The number of halogens is 2. The number of hydrogen-bond acceptors (Lipinski definition) is 2. The van der Waals surface area contributed by atoms with Crippen molar-refractivity contribution in [2.75, 3.05) is 5.32 Å². The van der Waals surface area contributed by atoms with Gasteiger partial charge in [0.1, 0.15) is 11.6 Å². The van der Waals surface area contributed by atoms with E-state index in [1.54, 1.807) is 18.3 Å². The number of rotatable bonds is 2. The summed E-state index contributed by atoms with van der Waals surface area (Å²) in [7, 11) is 0. The molecule has 2 aromatic rings. The number of aromatic nitrogens is 1. The number of aryl methyl sites for hydroxylation is 1. The second-order valence-corrected chi connectivity index (χ2v) is 4.30. The second-order valence-electron chi connectivity index (χ2n) is 3.44. The van der Waals surface area contributed by atoms with Crippen molar-refractivity contribution in [2.45, 2.75) is 6.92 Å². The van der Waals surface area contributed by atoms with Gasteiger partial charge in [0.15, 0.2) is 0 Å². The molecule has 0 saturated heterocycles. The number of anilines is 2. The Balaban J connectivity index is 2.34. The molecule has 0 spiro atoms. The standard InChI is InChI=1S/C12H10BrFN2/c1-8-4-5-10(14)11(7-8)16-12-9(13)3-2-6-15-12/h2-7H,1H3,(H,15,16). The molecule has 1 N–H and O–H groups in total. The summed E-state index contributed by atoms with van der Waals surface area (Å²) >= 11 is 3.35. The van der Waals surface area contributed by atoms with Crippen molar-refractivity contribution >= 4 is 27.4 Å². The van der Waals surface area contributed by atoms with E-state index in [0.29, 0.717) is 11.5 Å². The third kappa shape index (κ3) is 2.39. The van der Waals surface area contributed by atoms with Crippen molar-refractivity contribution in [1.82, 2.24) is 4.98 Å². The molecular weight excluding hydrogens is 271 g/mol. The monoisotopic (exact) mass is 280 g/mol. The van der Waals surface area contributed by atoms with Crippen LogP contribution in [-0.2, 0) is 0 Å². The van der Waals surface area contributed by atoms with Crippen molar-refractivity contribution in [2.24, 2.45) is 0 Å². The first-order valence-corrected chi connectivity index (χ1v) is 5.60. The van der Waals surface area contributed by atoms with Crippen LogP contribution in [0, 0.1) is 12.7 Å². The van der Waals surface area contributed by atoms with E-state index in [0.717, 1.165) is 10.0 Å². The van der Waals surface area contributed by atoms with Gasteiger partial charge in [-0.3, -0.25) is 0 Å². The summed E-state index contributed by atoms with van der Waals surface area (Å²) in [5.41, 5.74) is 1.43. The maximum atomic E-state index is 13.5. The van der Waals surface area contributed by atoms with Crippen LogP contribution < -0.4 is 5.32 Å². The minimum Gasteiger partial charge on any atom is -0.337 e. The molecule has 1 aromatic carbocycles. The van der Waals surface area contributed by atoms with Crippen LogP contribution in [0.3, 0.4) is 0 Å². The highest BCUT2D eigenvalue weighted by molar-refractivity contribution is 9.10. The van der Waals surface area contributed by atoms with Crippen molar-refractivity contribution < 1.29 is 4.39 Å². The van der Waals surface area contributed by atoms with Gasteiger partial charge in [-0.25, -0.2) is 9.37 Å². The summed E-state index contributed by atoms with van der Waals surface area (Å²) in [6, 6.07) is 8.57. The topological polar surface area (TPSA) is 24.9 Å². The Morgan fingerprint density at radius 3 is 2.88 bits per heavy atom. The number of hydrogen-bond donors (Lipinski definition) is 1. The fraction of sp³-hybridized carbons (Fsp3) is 0.0833. The molecule has 0 unspecified atom stereocenters. The van der Waals surface area contributed by atoms with E-state index in [4.69, 9.17) is 0 Å². The lowest BCUT2D eigenvalue weighted by Gasteiger charge is -2.08. The van der Waals surface area contributed by atoms with E-state index in [-0.39, 0.29) is 5.82 Å². The Morgan fingerprint density at radius 1 is 1.31 bits per heavy atom. The molecule has 1 aromatic heterocycles. The van der Waals surface area contributed by atoms with Gasteiger partial charge in [0, 0.05) is 6.20 Å². The highest BCUT2D eigenvalue weighted by Crippen LogP contribution is 2.25. The molecule has 0 bridgehead atoms. The molecular formula is C12H10BrFN2. The lowest BCUT2D eigenvalue weighted by Crippen LogP contribution is -1.97.